The molecular weight excluding hydrogens is 459 g/mol. The SMILES string of the molecule is CC(C)OC(=O)CCCC=CC[C@H]1C(=O)C[C@@H](O[Si](C)(C)C(C)(C)C)[C@@H]1C=Cc1ccc(F)cc1. The molecule has 1 aromatic rings. The van der Waals surface area contributed by atoms with E-state index < -0.39 is 8.32 Å². The number of Topliss-reactive ketones (excluding diaryl/α,β-unsaturated/α-hetero) is 1. The number of esters is 1. The van der Waals surface area contributed by atoms with Crippen LogP contribution in [-0.2, 0) is 18.8 Å². The molecule has 1 aliphatic carbocycles. The Morgan fingerprint density at radius 2 is 1.83 bits per heavy atom. The molecule has 35 heavy (non-hydrogen) atoms. The lowest BCUT2D eigenvalue weighted by Crippen LogP contribution is -2.45. The number of hydrogen-bond acceptors (Lipinski definition) is 4. The highest BCUT2D eigenvalue weighted by Crippen LogP contribution is 2.43. The second-order valence-electron chi connectivity index (χ2n) is 11.3. The molecule has 6 heteroatoms. The molecule has 1 aliphatic rings. The van der Waals surface area contributed by atoms with Gasteiger partial charge in [-0.3, -0.25) is 9.59 Å². The largest absolute Gasteiger partial charge is 0.463 e. The number of carbonyl (C=O) groups excluding carboxylic acids is 2. The van der Waals surface area contributed by atoms with E-state index in [2.05, 4.69) is 52.1 Å². The van der Waals surface area contributed by atoms with E-state index in [4.69, 9.17) is 9.16 Å². The van der Waals surface area contributed by atoms with Crippen molar-refractivity contribution >= 4 is 26.1 Å². The number of ether oxygens (including phenoxy) is 1. The van der Waals surface area contributed by atoms with E-state index in [9.17, 15) is 14.0 Å². The van der Waals surface area contributed by atoms with Gasteiger partial charge in [0, 0.05) is 24.7 Å². The fraction of sp³-hybridized carbons (Fsp3) is 0.586. The summed E-state index contributed by atoms with van der Waals surface area (Å²) in [6.45, 7) is 14.7. The van der Waals surface area contributed by atoms with Crippen molar-refractivity contribution in [3.8, 4) is 0 Å². The van der Waals surface area contributed by atoms with Crippen molar-refractivity contribution in [3.05, 3.63) is 53.9 Å². The zero-order valence-electron chi connectivity index (χ0n) is 22.5. The van der Waals surface area contributed by atoms with Gasteiger partial charge in [0.25, 0.3) is 0 Å². The molecule has 2 rings (SSSR count). The van der Waals surface area contributed by atoms with Crippen LogP contribution in [-0.4, -0.2) is 32.3 Å². The molecule has 0 heterocycles. The molecule has 4 nitrogen and oxygen atoms in total. The maximum absolute atomic E-state index is 13.3. The Kier molecular flexibility index (Phi) is 10.6. The van der Waals surface area contributed by atoms with Crippen LogP contribution in [0.4, 0.5) is 4.39 Å². The maximum Gasteiger partial charge on any atom is 0.306 e. The number of allylic oxidation sites excluding steroid dienone is 2. The highest BCUT2D eigenvalue weighted by molar-refractivity contribution is 6.74. The van der Waals surface area contributed by atoms with Crippen LogP contribution in [0.2, 0.25) is 18.1 Å². The summed E-state index contributed by atoms with van der Waals surface area (Å²) in [6.07, 6.45) is 10.9. The van der Waals surface area contributed by atoms with Crippen molar-refractivity contribution < 1.29 is 23.1 Å². The molecule has 194 valence electrons. The number of benzene rings is 1. The number of hydrogen-bond donors (Lipinski definition) is 0. The molecule has 0 bridgehead atoms. The number of rotatable bonds is 11. The number of carbonyl (C=O) groups is 2. The van der Waals surface area contributed by atoms with Gasteiger partial charge in [0.05, 0.1) is 12.2 Å². The molecule has 0 saturated heterocycles. The van der Waals surface area contributed by atoms with Gasteiger partial charge in [-0.25, -0.2) is 4.39 Å². The fourth-order valence-electron chi connectivity index (χ4n) is 4.02. The minimum absolute atomic E-state index is 0.0349. The van der Waals surface area contributed by atoms with Crippen molar-refractivity contribution in [2.45, 2.75) is 97.1 Å². The van der Waals surface area contributed by atoms with Gasteiger partial charge in [-0.05, 0) is 68.9 Å². The van der Waals surface area contributed by atoms with Gasteiger partial charge in [-0.2, -0.15) is 0 Å². The van der Waals surface area contributed by atoms with Crippen LogP contribution >= 0.6 is 0 Å². The third-order valence-corrected chi connectivity index (χ3v) is 11.5. The van der Waals surface area contributed by atoms with Crippen LogP contribution in [0.25, 0.3) is 6.08 Å². The molecule has 1 aromatic carbocycles. The number of halogens is 1. The Balaban J connectivity index is 2.09. The van der Waals surface area contributed by atoms with E-state index in [1.165, 1.54) is 12.1 Å². The Morgan fingerprint density at radius 1 is 1.17 bits per heavy atom. The Morgan fingerprint density at radius 3 is 2.43 bits per heavy atom. The van der Waals surface area contributed by atoms with Crippen LogP contribution in [0.1, 0.15) is 72.3 Å². The lowest BCUT2D eigenvalue weighted by atomic mass is 9.90. The summed E-state index contributed by atoms with van der Waals surface area (Å²) in [6, 6.07) is 6.37. The van der Waals surface area contributed by atoms with E-state index in [1.54, 1.807) is 12.1 Å². The first-order valence-electron chi connectivity index (χ1n) is 12.8. The Bertz CT molecular complexity index is 896. The van der Waals surface area contributed by atoms with E-state index in [1.807, 2.05) is 19.9 Å². The molecule has 0 unspecified atom stereocenters. The quantitative estimate of drug-likeness (QED) is 0.136. The predicted octanol–water partition coefficient (Wildman–Crippen LogP) is 7.50. The van der Waals surface area contributed by atoms with Crippen LogP contribution in [0, 0.1) is 17.7 Å². The molecule has 0 radical (unpaired) electrons. The molecule has 0 N–H and O–H groups in total. The second-order valence-corrected chi connectivity index (χ2v) is 16.1. The smallest absolute Gasteiger partial charge is 0.306 e. The summed E-state index contributed by atoms with van der Waals surface area (Å²) in [5, 5.41) is 0.0516. The lowest BCUT2D eigenvalue weighted by molar-refractivity contribution is -0.147. The van der Waals surface area contributed by atoms with Gasteiger partial charge in [0.2, 0.25) is 0 Å². The highest BCUT2D eigenvalue weighted by Gasteiger charge is 2.46. The molecular formula is C29H43FO4Si. The van der Waals surface area contributed by atoms with Crippen LogP contribution in [0.3, 0.4) is 0 Å². The zero-order valence-corrected chi connectivity index (χ0v) is 23.5. The van der Waals surface area contributed by atoms with Gasteiger partial charge in [0.1, 0.15) is 11.6 Å². The average molecular weight is 503 g/mol. The van der Waals surface area contributed by atoms with Gasteiger partial charge in [-0.1, -0.05) is 57.2 Å². The van der Waals surface area contributed by atoms with Gasteiger partial charge in [-0.15, -0.1) is 0 Å². The summed E-state index contributed by atoms with van der Waals surface area (Å²) in [7, 11) is -2.06. The Labute approximate surface area is 212 Å². The molecule has 3 atom stereocenters. The van der Waals surface area contributed by atoms with Crippen molar-refractivity contribution in [2.75, 3.05) is 0 Å². The Hall–Kier alpha value is -2.05. The van der Waals surface area contributed by atoms with Crippen molar-refractivity contribution in [2.24, 2.45) is 11.8 Å². The molecule has 0 spiro atoms. The summed E-state index contributed by atoms with van der Waals surface area (Å²) < 4.78 is 25.2. The number of ketones is 1. The molecule has 0 amide bonds. The van der Waals surface area contributed by atoms with Crippen LogP contribution in [0.5, 0.6) is 0 Å². The first-order valence-corrected chi connectivity index (χ1v) is 15.7. The molecule has 1 fully saturated rings. The third kappa shape index (κ3) is 9.15. The van der Waals surface area contributed by atoms with E-state index in [-0.39, 0.29) is 46.7 Å². The lowest BCUT2D eigenvalue weighted by Gasteiger charge is -2.39. The standard InChI is InChI=1S/C29H43FO4Si/c1-21(2)33-28(32)13-11-9-8-10-12-24-25(19-16-22-14-17-23(30)18-15-22)27(20-26(24)31)34-35(6,7)29(3,4)5/h8,10,14-19,21,24-25,27H,9,11-13,20H2,1-7H3/t24-,25-,27-/m1/s1. The normalized spacial score (nSPS) is 21.5. The van der Waals surface area contributed by atoms with Gasteiger partial charge >= 0.3 is 5.97 Å². The summed E-state index contributed by atoms with van der Waals surface area (Å²) in [5.41, 5.74) is 0.902. The van der Waals surface area contributed by atoms with E-state index in [0.717, 1.165) is 18.4 Å². The monoisotopic (exact) mass is 502 g/mol. The molecule has 0 aromatic heterocycles. The van der Waals surface area contributed by atoms with Gasteiger partial charge < -0.3 is 9.16 Å². The fourth-order valence-corrected chi connectivity index (χ4v) is 5.38. The second kappa shape index (κ2) is 12.8. The van der Waals surface area contributed by atoms with Crippen LogP contribution in [0.15, 0.2) is 42.5 Å². The van der Waals surface area contributed by atoms with E-state index >= 15 is 0 Å². The van der Waals surface area contributed by atoms with Crippen molar-refractivity contribution in [3.63, 3.8) is 0 Å². The van der Waals surface area contributed by atoms with Crippen LogP contribution < -0.4 is 0 Å². The maximum atomic E-state index is 13.3. The topological polar surface area (TPSA) is 52.6 Å². The van der Waals surface area contributed by atoms with E-state index in [0.29, 0.717) is 19.3 Å². The summed E-state index contributed by atoms with van der Waals surface area (Å²) in [5.74, 6) is -0.391. The number of unbranched alkanes of at least 4 members (excludes halogenated alkanes) is 1. The van der Waals surface area contributed by atoms with Gasteiger partial charge in [0.15, 0.2) is 8.32 Å². The minimum Gasteiger partial charge on any atom is -0.463 e. The predicted molar refractivity (Wildman–Crippen MR) is 143 cm³/mol. The summed E-state index contributed by atoms with van der Waals surface area (Å²) >= 11 is 0. The highest BCUT2D eigenvalue weighted by atomic mass is 28.4. The minimum atomic E-state index is -2.06. The molecule has 0 aliphatic heterocycles. The summed E-state index contributed by atoms with van der Waals surface area (Å²) in [4.78, 5) is 24.7. The first kappa shape index (κ1) is 29.2. The zero-order chi connectivity index (χ0) is 26.2. The third-order valence-electron chi connectivity index (χ3n) is 7.02. The molecule has 1 saturated carbocycles. The average Bonchev–Trinajstić information content (AvgIpc) is 3.02. The van der Waals surface area contributed by atoms with Crippen molar-refractivity contribution in [1.29, 1.82) is 0 Å². The van der Waals surface area contributed by atoms with Crippen molar-refractivity contribution in [1.82, 2.24) is 0 Å². The first-order chi connectivity index (χ1) is 16.3.